The lowest BCUT2D eigenvalue weighted by Gasteiger charge is -2.06. The predicted octanol–water partition coefficient (Wildman–Crippen LogP) is 3.12. The van der Waals surface area contributed by atoms with Gasteiger partial charge in [-0.15, -0.1) is 11.3 Å². The number of benzene rings is 1. The normalized spacial score (nSPS) is 10.0. The van der Waals surface area contributed by atoms with E-state index in [1.54, 1.807) is 13.2 Å². The van der Waals surface area contributed by atoms with Gasteiger partial charge in [-0.3, -0.25) is 0 Å². The van der Waals surface area contributed by atoms with Crippen molar-refractivity contribution in [3.8, 4) is 11.5 Å². The Morgan fingerprint density at radius 2 is 1.95 bits per heavy atom. The molecule has 0 bridgehead atoms. The SMILES string of the molecule is COC(=O)c1ccc(COc2cccc(OC)c2)s1. The molecular weight excluding hydrogens is 264 g/mol. The molecule has 1 aromatic carbocycles. The third kappa shape index (κ3) is 3.48. The van der Waals surface area contributed by atoms with Crippen LogP contribution in [-0.2, 0) is 11.3 Å². The van der Waals surface area contributed by atoms with Gasteiger partial charge in [0.2, 0.25) is 0 Å². The molecular formula is C14H14O4S. The summed E-state index contributed by atoms with van der Waals surface area (Å²) in [4.78, 5) is 12.9. The molecule has 0 atom stereocenters. The van der Waals surface area contributed by atoms with Crippen molar-refractivity contribution < 1.29 is 19.0 Å². The zero-order valence-corrected chi connectivity index (χ0v) is 11.5. The first-order valence-electron chi connectivity index (χ1n) is 5.67. The van der Waals surface area contributed by atoms with E-state index in [-0.39, 0.29) is 5.97 Å². The Balaban J connectivity index is 1.98. The van der Waals surface area contributed by atoms with Crippen molar-refractivity contribution in [2.75, 3.05) is 14.2 Å². The van der Waals surface area contributed by atoms with E-state index in [1.165, 1.54) is 18.4 Å². The molecule has 1 aromatic heterocycles. The molecule has 4 nitrogen and oxygen atoms in total. The highest BCUT2D eigenvalue weighted by Gasteiger charge is 2.09. The molecule has 19 heavy (non-hydrogen) atoms. The van der Waals surface area contributed by atoms with Crippen LogP contribution in [0.2, 0.25) is 0 Å². The molecule has 0 fully saturated rings. The Hall–Kier alpha value is -2.01. The topological polar surface area (TPSA) is 44.8 Å². The molecule has 100 valence electrons. The van der Waals surface area contributed by atoms with Crippen LogP contribution in [0.25, 0.3) is 0 Å². The number of ether oxygens (including phenoxy) is 3. The van der Waals surface area contributed by atoms with Gasteiger partial charge in [0.15, 0.2) is 0 Å². The van der Waals surface area contributed by atoms with Gasteiger partial charge in [-0.1, -0.05) is 6.07 Å². The second-order valence-corrected chi connectivity index (χ2v) is 4.89. The summed E-state index contributed by atoms with van der Waals surface area (Å²) in [5.74, 6) is 1.16. The van der Waals surface area contributed by atoms with Crippen molar-refractivity contribution in [1.29, 1.82) is 0 Å². The van der Waals surface area contributed by atoms with Crippen LogP contribution in [0.1, 0.15) is 14.5 Å². The first-order chi connectivity index (χ1) is 9.22. The second kappa shape index (κ2) is 6.24. The summed E-state index contributed by atoms with van der Waals surface area (Å²) in [5.41, 5.74) is 0. The fraction of sp³-hybridized carbons (Fsp3) is 0.214. The third-order valence-electron chi connectivity index (χ3n) is 2.47. The molecule has 0 aliphatic rings. The highest BCUT2D eigenvalue weighted by molar-refractivity contribution is 7.13. The Labute approximate surface area is 115 Å². The molecule has 0 N–H and O–H groups in total. The number of carbonyl (C=O) groups excluding carboxylic acids is 1. The summed E-state index contributed by atoms with van der Waals surface area (Å²) in [5, 5.41) is 0. The van der Waals surface area contributed by atoms with E-state index >= 15 is 0 Å². The number of methoxy groups -OCH3 is 2. The fourth-order valence-electron chi connectivity index (χ4n) is 1.51. The average Bonchev–Trinajstić information content (AvgIpc) is 2.93. The molecule has 2 aromatic rings. The number of carbonyl (C=O) groups is 1. The van der Waals surface area contributed by atoms with Crippen LogP contribution in [0.3, 0.4) is 0 Å². The quantitative estimate of drug-likeness (QED) is 0.788. The van der Waals surface area contributed by atoms with E-state index in [1.807, 2.05) is 30.3 Å². The molecule has 1 heterocycles. The van der Waals surface area contributed by atoms with E-state index < -0.39 is 0 Å². The van der Waals surface area contributed by atoms with Crippen molar-refractivity contribution in [1.82, 2.24) is 0 Å². The van der Waals surface area contributed by atoms with Gasteiger partial charge < -0.3 is 14.2 Å². The molecule has 0 spiro atoms. The smallest absolute Gasteiger partial charge is 0.348 e. The minimum absolute atomic E-state index is 0.322. The second-order valence-electron chi connectivity index (χ2n) is 3.73. The molecule has 2 rings (SSSR count). The highest BCUT2D eigenvalue weighted by Crippen LogP contribution is 2.22. The van der Waals surface area contributed by atoms with Crippen molar-refractivity contribution in [2.45, 2.75) is 6.61 Å². The largest absolute Gasteiger partial charge is 0.497 e. The zero-order chi connectivity index (χ0) is 13.7. The van der Waals surface area contributed by atoms with Crippen LogP contribution < -0.4 is 9.47 Å². The summed E-state index contributed by atoms with van der Waals surface area (Å²) in [6.45, 7) is 0.412. The lowest BCUT2D eigenvalue weighted by atomic mass is 10.3. The predicted molar refractivity (Wildman–Crippen MR) is 73.0 cm³/mol. The number of hydrogen-bond acceptors (Lipinski definition) is 5. The average molecular weight is 278 g/mol. The van der Waals surface area contributed by atoms with Gasteiger partial charge in [0.25, 0.3) is 0 Å². The Kier molecular flexibility index (Phi) is 4.41. The lowest BCUT2D eigenvalue weighted by molar-refractivity contribution is 0.0606. The van der Waals surface area contributed by atoms with E-state index in [9.17, 15) is 4.79 Å². The van der Waals surface area contributed by atoms with Gasteiger partial charge in [-0.2, -0.15) is 0 Å². The molecule has 5 heteroatoms. The molecule has 0 aliphatic carbocycles. The molecule has 0 amide bonds. The van der Waals surface area contributed by atoms with Crippen LogP contribution in [0.5, 0.6) is 11.5 Å². The summed E-state index contributed by atoms with van der Waals surface area (Å²) in [7, 11) is 2.98. The Morgan fingerprint density at radius 1 is 1.16 bits per heavy atom. The standard InChI is InChI=1S/C14H14O4S/c1-16-10-4-3-5-11(8-10)18-9-12-6-7-13(19-12)14(15)17-2/h3-8H,9H2,1-2H3. The number of rotatable bonds is 5. The van der Waals surface area contributed by atoms with Crippen LogP contribution in [-0.4, -0.2) is 20.2 Å². The number of hydrogen-bond donors (Lipinski definition) is 0. The Bertz CT molecular complexity index is 562. The van der Waals surface area contributed by atoms with Gasteiger partial charge in [0.1, 0.15) is 23.0 Å². The van der Waals surface area contributed by atoms with Gasteiger partial charge in [-0.25, -0.2) is 4.79 Å². The van der Waals surface area contributed by atoms with Crippen LogP contribution in [0.15, 0.2) is 36.4 Å². The molecule has 0 unspecified atom stereocenters. The minimum Gasteiger partial charge on any atom is -0.497 e. The molecule has 0 saturated carbocycles. The van der Waals surface area contributed by atoms with Crippen molar-refractivity contribution >= 4 is 17.3 Å². The van der Waals surface area contributed by atoms with E-state index in [0.29, 0.717) is 11.5 Å². The monoisotopic (exact) mass is 278 g/mol. The van der Waals surface area contributed by atoms with Crippen LogP contribution in [0.4, 0.5) is 0 Å². The van der Waals surface area contributed by atoms with E-state index in [0.717, 1.165) is 16.4 Å². The summed E-state index contributed by atoms with van der Waals surface area (Å²) >= 11 is 1.36. The van der Waals surface area contributed by atoms with Crippen molar-refractivity contribution in [3.05, 3.63) is 46.2 Å². The van der Waals surface area contributed by atoms with Gasteiger partial charge in [-0.05, 0) is 24.3 Å². The van der Waals surface area contributed by atoms with Crippen molar-refractivity contribution in [3.63, 3.8) is 0 Å². The van der Waals surface area contributed by atoms with Gasteiger partial charge in [0.05, 0.1) is 14.2 Å². The molecule has 0 saturated heterocycles. The highest BCUT2D eigenvalue weighted by atomic mass is 32.1. The minimum atomic E-state index is -0.322. The Morgan fingerprint density at radius 3 is 2.68 bits per heavy atom. The van der Waals surface area contributed by atoms with Gasteiger partial charge >= 0.3 is 5.97 Å². The maximum Gasteiger partial charge on any atom is 0.348 e. The summed E-state index contributed by atoms with van der Waals surface area (Å²) in [6.07, 6.45) is 0. The maximum atomic E-state index is 11.3. The van der Waals surface area contributed by atoms with Gasteiger partial charge in [0, 0.05) is 10.9 Å². The van der Waals surface area contributed by atoms with Crippen molar-refractivity contribution in [2.24, 2.45) is 0 Å². The van der Waals surface area contributed by atoms with Crippen LogP contribution in [0, 0.1) is 0 Å². The number of esters is 1. The van der Waals surface area contributed by atoms with E-state index in [2.05, 4.69) is 4.74 Å². The third-order valence-corrected chi connectivity index (χ3v) is 3.51. The summed E-state index contributed by atoms with van der Waals surface area (Å²) in [6, 6.07) is 11.0. The van der Waals surface area contributed by atoms with E-state index in [4.69, 9.17) is 9.47 Å². The van der Waals surface area contributed by atoms with Crippen LogP contribution >= 0.6 is 11.3 Å². The first kappa shape index (κ1) is 13.4. The fourth-order valence-corrected chi connectivity index (χ4v) is 2.35. The zero-order valence-electron chi connectivity index (χ0n) is 10.7. The first-order valence-corrected chi connectivity index (χ1v) is 6.48. The maximum absolute atomic E-state index is 11.3. The summed E-state index contributed by atoms with van der Waals surface area (Å²) < 4.78 is 15.4. The molecule has 0 radical (unpaired) electrons. The molecule has 0 aliphatic heterocycles. The number of thiophene rings is 1. The lowest BCUT2D eigenvalue weighted by Crippen LogP contribution is -1.97.